The van der Waals surface area contributed by atoms with Crippen molar-refractivity contribution in [2.24, 2.45) is 5.92 Å². The van der Waals surface area contributed by atoms with Crippen LogP contribution in [0.25, 0.3) is 16.8 Å². The lowest BCUT2D eigenvalue weighted by molar-refractivity contribution is -0.148. The van der Waals surface area contributed by atoms with Crippen LogP contribution >= 0.6 is 0 Å². The summed E-state index contributed by atoms with van der Waals surface area (Å²) in [6.45, 7) is 14.4. The van der Waals surface area contributed by atoms with Crippen LogP contribution in [0.1, 0.15) is 62.5 Å². The molecule has 3 aromatic rings. The maximum absolute atomic E-state index is 12.9. The highest BCUT2D eigenvalue weighted by molar-refractivity contribution is 5.72. The first-order chi connectivity index (χ1) is 17.9. The molecule has 2 aromatic carbocycles. The molecule has 204 valence electrons. The molecule has 8 heteroatoms. The second-order valence-corrected chi connectivity index (χ2v) is 9.68. The van der Waals surface area contributed by atoms with Crippen molar-refractivity contribution in [2.75, 3.05) is 13.2 Å². The number of nitrogens with zero attached hydrogens (tertiary/aromatic N) is 2. The highest BCUT2D eigenvalue weighted by Gasteiger charge is 2.30. The van der Waals surface area contributed by atoms with E-state index < -0.39 is 11.7 Å². The number of halogens is 3. The molecule has 1 heterocycles. The van der Waals surface area contributed by atoms with Gasteiger partial charge in [-0.1, -0.05) is 24.8 Å². The Morgan fingerprint density at radius 2 is 1.76 bits per heavy atom. The number of ether oxygens (including phenoxy) is 2. The fourth-order valence-corrected chi connectivity index (χ4v) is 4.06. The molecule has 5 nitrogen and oxygen atoms in total. The lowest BCUT2D eigenvalue weighted by atomic mass is 9.99. The fourth-order valence-electron chi connectivity index (χ4n) is 4.06. The van der Waals surface area contributed by atoms with Gasteiger partial charge in [-0.05, 0) is 94.5 Å². The van der Waals surface area contributed by atoms with Crippen LogP contribution < -0.4 is 4.74 Å². The molecular weight excluding hydrogens is 493 g/mol. The molecule has 1 unspecified atom stereocenters. The normalized spacial score (nSPS) is 12.4. The zero-order valence-electron chi connectivity index (χ0n) is 22.6. The third-order valence-electron chi connectivity index (χ3n) is 6.25. The zero-order valence-corrected chi connectivity index (χ0v) is 22.6. The van der Waals surface area contributed by atoms with Crippen LogP contribution in [0.3, 0.4) is 0 Å². The van der Waals surface area contributed by atoms with Crippen molar-refractivity contribution in [1.82, 2.24) is 9.78 Å². The van der Waals surface area contributed by atoms with E-state index in [2.05, 4.69) is 11.7 Å². The van der Waals surface area contributed by atoms with E-state index in [4.69, 9.17) is 9.47 Å². The highest BCUT2D eigenvalue weighted by Crippen LogP contribution is 2.32. The summed E-state index contributed by atoms with van der Waals surface area (Å²) in [4.78, 5) is 11.8. The quantitative estimate of drug-likeness (QED) is 0.240. The second kappa shape index (κ2) is 12.3. The molecule has 0 saturated heterocycles. The fraction of sp³-hybridized carbons (Fsp3) is 0.400. The van der Waals surface area contributed by atoms with E-state index in [0.29, 0.717) is 36.5 Å². The van der Waals surface area contributed by atoms with E-state index >= 15 is 0 Å². The predicted octanol–water partition coefficient (Wildman–Crippen LogP) is 7.68. The summed E-state index contributed by atoms with van der Waals surface area (Å²) >= 11 is 0. The lowest BCUT2D eigenvalue weighted by Crippen LogP contribution is -2.21. The molecule has 3 rings (SSSR count). The molecule has 0 bridgehead atoms. The molecule has 0 saturated carbocycles. The Hall–Kier alpha value is -3.55. The number of hydrogen-bond donors (Lipinski definition) is 0. The summed E-state index contributed by atoms with van der Waals surface area (Å²) in [7, 11) is 0. The zero-order chi connectivity index (χ0) is 28.0. The minimum absolute atomic E-state index is 0.0946. The summed E-state index contributed by atoms with van der Waals surface area (Å²) in [5, 5.41) is 4.66. The Balaban J connectivity index is 1.67. The first-order valence-corrected chi connectivity index (χ1v) is 12.7. The van der Waals surface area contributed by atoms with E-state index in [1.807, 2.05) is 49.7 Å². The SMILES string of the molecule is C=C(CCc1cc(-c2ccc(C(F)(F)F)cc2)nn1C(C)C)c1ccc(OCC(C)C(=O)OCC)c(C)c1. The molecule has 0 radical (unpaired) electrons. The van der Waals surface area contributed by atoms with Gasteiger partial charge in [-0.2, -0.15) is 18.3 Å². The van der Waals surface area contributed by atoms with E-state index in [1.54, 1.807) is 13.8 Å². The maximum Gasteiger partial charge on any atom is 0.416 e. The minimum Gasteiger partial charge on any atom is -0.492 e. The smallest absolute Gasteiger partial charge is 0.416 e. The number of rotatable bonds is 11. The molecule has 0 amide bonds. The van der Waals surface area contributed by atoms with Crippen LogP contribution in [-0.2, 0) is 22.1 Å². The van der Waals surface area contributed by atoms with Gasteiger partial charge >= 0.3 is 12.1 Å². The number of alkyl halides is 3. The highest BCUT2D eigenvalue weighted by atomic mass is 19.4. The van der Waals surface area contributed by atoms with Crippen molar-refractivity contribution in [2.45, 2.75) is 59.7 Å². The van der Waals surface area contributed by atoms with Crippen LogP contribution in [0.4, 0.5) is 13.2 Å². The van der Waals surface area contributed by atoms with Gasteiger partial charge in [0.1, 0.15) is 12.4 Å². The van der Waals surface area contributed by atoms with E-state index in [-0.39, 0.29) is 24.5 Å². The van der Waals surface area contributed by atoms with Crippen LogP contribution in [0.5, 0.6) is 5.75 Å². The Bertz CT molecular complexity index is 1260. The molecule has 38 heavy (non-hydrogen) atoms. The van der Waals surface area contributed by atoms with Crippen LogP contribution in [0.2, 0.25) is 0 Å². The first-order valence-electron chi connectivity index (χ1n) is 12.7. The van der Waals surface area contributed by atoms with Gasteiger partial charge in [-0.3, -0.25) is 9.48 Å². The lowest BCUT2D eigenvalue weighted by Gasteiger charge is -2.15. The van der Waals surface area contributed by atoms with Gasteiger partial charge in [0.25, 0.3) is 0 Å². The van der Waals surface area contributed by atoms with E-state index in [9.17, 15) is 18.0 Å². The van der Waals surface area contributed by atoms with E-state index in [1.165, 1.54) is 12.1 Å². The summed E-state index contributed by atoms with van der Waals surface area (Å²) in [5.41, 5.74) is 4.47. The monoisotopic (exact) mass is 528 g/mol. The number of allylic oxidation sites excluding steroid dienone is 1. The summed E-state index contributed by atoms with van der Waals surface area (Å²) in [6.07, 6.45) is -3.01. The summed E-state index contributed by atoms with van der Waals surface area (Å²) in [6, 6.07) is 13.0. The third-order valence-corrected chi connectivity index (χ3v) is 6.25. The maximum atomic E-state index is 12.9. The number of hydrogen-bond acceptors (Lipinski definition) is 4. The van der Waals surface area contributed by atoms with Crippen molar-refractivity contribution >= 4 is 11.5 Å². The second-order valence-electron chi connectivity index (χ2n) is 9.68. The van der Waals surface area contributed by atoms with Gasteiger partial charge in [0.05, 0.1) is 23.8 Å². The molecule has 0 aliphatic heterocycles. The van der Waals surface area contributed by atoms with Crippen molar-refractivity contribution in [3.8, 4) is 17.0 Å². The number of aryl methyl sites for hydroxylation is 2. The largest absolute Gasteiger partial charge is 0.492 e. The number of aromatic nitrogens is 2. The molecular formula is C30H35F3N2O3. The van der Waals surface area contributed by atoms with Crippen molar-refractivity contribution < 1.29 is 27.4 Å². The average molecular weight is 529 g/mol. The first kappa shape index (κ1) is 29.0. The van der Waals surface area contributed by atoms with Gasteiger partial charge in [-0.25, -0.2) is 0 Å². The molecule has 0 aliphatic rings. The van der Waals surface area contributed by atoms with Gasteiger partial charge in [0.15, 0.2) is 0 Å². The van der Waals surface area contributed by atoms with Crippen molar-refractivity contribution in [3.63, 3.8) is 0 Å². The predicted molar refractivity (Wildman–Crippen MR) is 143 cm³/mol. The topological polar surface area (TPSA) is 53.4 Å². The van der Waals surface area contributed by atoms with Crippen molar-refractivity contribution in [3.05, 3.63) is 77.5 Å². The number of esters is 1. The molecule has 0 aliphatic carbocycles. The number of carbonyl (C=O) groups is 1. The Kier molecular flexibility index (Phi) is 9.41. The standard InChI is InChI=1S/C30H35F3N2O3/c1-7-37-29(36)22(6)18-38-28-15-11-24(16-21(28)5)20(4)8-14-26-17-27(34-35(26)19(2)3)23-9-12-25(13-10-23)30(31,32)33/h9-13,15-17,19,22H,4,7-8,14,18H2,1-3,5-6H3. The van der Waals surface area contributed by atoms with Gasteiger partial charge in [0, 0.05) is 17.3 Å². The van der Waals surface area contributed by atoms with Crippen LogP contribution in [0.15, 0.2) is 55.1 Å². The van der Waals surface area contributed by atoms with Crippen LogP contribution in [-0.4, -0.2) is 29.0 Å². The van der Waals surface area contributed by atoms with Gasteiger partial charge < -0.3 is 9.47 Å². The molecule has 1 atom stereocenters. The summed E-state index contributed by atoms with van der Waals surface area (Å²) < 4.78 is 51.6. The number of benzene rings is 2. The van der Waals surface area contributed by atoms with E-state index in [0.717, 1.165) is 34.5 Å². The van der Waals surface area contributed by atoms with Crippen LogP contribution in [0, 0.1) is 12.8 Å². The Morgan fingerprint density at radius 3 is 2.34 bits per heavy atom. The molecule has 0 spiro atoms. The molecule has 0 N–H and O–H groups in total. The third kappa shape index (κ3) is 7.27. The van der Waals surface area contributed by atoms with Crippen molar-refractivity contribution in [1.29, 1.82) is 0 Å². The summed E-state index contributed by atoms with van der Waals surface area (Å²) in [5.74, 6) is 0.0660. The average Bonchev–Trinajstić information content (AvgIpc) is 3.30. The molecule has 1 aromatic heterocycles. The Morgan fingerprint density at radius 1 is 1.08 bits per heavy atom. The minimum atomic E-state index is -4.37. The molecule has 0 fully saturated rings. The van der Waals surface area contributed by atoms with Gasteiger partial charge in [-0.15, -0.1) is 0 Å². The Labute approximate surface area is 222 Å². The van der Waals surface area contributed by atoms with Gasteiger partial charge in [0.2, 0.25) is 0 Å². The number of carbonyl (C=O) groups excluding carboxylic acids is 1.